The van der Waals surface area contributed by atoms with Gasteiger partial charge in [0.1, 0.15) is 0 Å². The van der Waals surface area contributed by atoms with Gasteiger partial charge in [-0.15, -0.1) is 24.0 Å². The molecule has 7 nitrogen and oxygen atoms in total. The number of hydrogen-bond donors (Lipinski definition) is 2. The Kier molecular flexibility index (Phi) is 9.90. The van der Waals surface area contributed by atoms with E-state index in [4.69, 9.17) is 0 Å². The van der Waals surface area contributed by atoms with Crippen LogP contribution in [0.2, 0.25) is 0 Å². The van der Waals surface area contributed by atoms with E-state index in [1.165, 1.54) is 13.4 Å². The first kappa shape index (κ1) is 22.6. The van der Waals surface area contributed by atoms with E-state index < -0.39 is 9.84 Å². The maximum absolute atomic E-state index is 11.6. The first-order valence-corrected chi connectivity index (χ1v) is 8.98. The molecule has 9 heteroatoms. The van der Waals surface area contributed by atoms with Crippen molar-refractivity contribution < 1.29 is 17.9 Å². The molecule has 2 N–H and O–H groups in total. The normalized spacial score (nSPS) is 11.4. The Bertz CT molecular complexity index is 690. The molecule has 0 saturated heterocycles. The number of hydrogen-bond acceptors (Lipinski definition) is 5. The fraction of sp³-hybridized carbons (Fsp3) is 0.467. The molecule has 0 aliphatic heterocycles. The van der Waals surface area contributed by atoms with Crippen molar-refractivity contribution in [3.05, 3.63) is 29.3 Å². The quantitative estimate of drug-likeness (QED) is 0.282. The lowest BCUT2D eigenvalue weighted by Gasteiger charge is -2.12. The van der Waals surface area contributed by atoms with Crippen LogP contribution in [0.25, 0.3) is 0 Å². The van der Waals surface area contributed by atoms with Gasteiger partial charge in [-0.05, 0) is 24.1 Å². The van der Waals surface area contributed by atoms with Gasteiger partial charge in [0.05, 0.1) is 18.4 Å². The Labute approximate surface area is 160 Å². The number of sulfone groups is 1. The summed E-state index contributed by atoms with van der Waals surface area (Å²) in [5.74, 6) is 0.263. The summed E-state index contributed by atoms with van der Waals surface area (Å²) in [4.78, 5) is 15.4. The first-order chi connectivity index (χ1) is 10.8. The molecule has 0 amide bonds. The third-order valence-electron chi connectivity index (χ3n) is 3.17. The number of ether oxygens (including phenoxy) is 1. The zero-order valence-electron chi connectivity index (χ0n) is 14.3. The average molecular weight is 469 g/mol. The molecular weight excluding hydrogens is 445 g/mol. The molecule has 1 rings (SSSR count). The number of methoxy groups -OCH3 is 1. The number of esters is 1. The molecule has 24 heavy (non-hydrogen) atoms. The number of guanidine groups is 1. The summed E-state index contributed by atoms with van der Waals surface area (Å²) < 4.78 is 27.7. The molecule has 0 saturated carbocycles. The van der Waals surface area contributed by atoms with Gasteiger partial charge in [-0.2, -0.15) is 0 Å². The SMILES string of the molecule is CN=C(NCCC(=O)OC)NCc1ccc(S(C)(=O)=O)c(C)c1.I. The van der Waals surface area contributed by atoms with Crippen LogP contribution < -0.4 is 10.6 Å². The van der Waals surface area contributed by atoms with Crippen molar-refractivity contribution >= 4 is 45.7 Å². The van der Waals surface area contributed by atoms with Crippen LogP contribution in [0.15, 0.2) is 28.1 Å². The highest BCUT2D eigenvalue weighted by molar-refractivity contribution is 14.0. The summed E-state index contributed by atoms with van der Waals surface area (Å²) in [7, 11) is -0.234. The van der Waals surface area contributed by atoms with Crippen molar-refractivity contribution in [2.45, 2.75) is 24.8 Å². The summed E-state index contributed by atoms with van der Waals surface area (Å²) in [5, 5.41) is 6.10. The molecule has 0 aliphatic rings. The van der Waals surface area contributed by atoms with Gasteiger partial charge in [-0.25, -0.2) is 8.42 Å². The molecule has 0 unspecified atom stereocenters. The van der Waals surface area contributed by atoms with Gasteiger partial charge in [0.2, 0.25) is 0 Å². The Hall–Kier alpha value is -1.36. The third kappa shape index (κ3) is 7.47. The van der Waals surface area contributed by atoms with Crippen LogP contribution in [-0.2, 0) is 25.9 Å². The van der Waals surface area contributed by atoms with Gasteiger partial charge >= 0.3 is 5.97 Å². The maximum Gasteiger partial charge on any atom is 0.307 e. The van der Waals surface area contributed by atoms with Crippen LogP contribution in [0.5, 0.6) is 0 Å². The molecular formula is C15H24IN3O4S. The number of rotatable bonds is 6. The highest BCUT2D eigenvalue weighted by atomic mass is 127. The highest BCUT2D eigenvalue weighted by Crippen LogP contribution is 2.16. The van der Waals surface area contributed by atoms with Crippen LogP contribution in [0, 0.1) is 6.92 Å². The van der Waals surface area contributed by atoms with E-state index in [9.17, 15) is 13.2 Å². The van der Waals surface area contributed by atoms with Crippen molar-refractivity contribution in [3.8, 4) is 0 Å². The largest absolute Gasteiger partial charge is 0.469 e. The predicted molar refractivity (Wildman–Crippen MR) is 105 cm³/mol. The standard InChI is InChI=1S/C15H23N3O4S.HI/c1-11-9-12(5-6-13(11)23(4,20)21)10-18-15(16-2)17-8-7-14(19)22-3;/h5-6,9H,7-8,10H2,1-4H3,(H2,16,17,18);1H. The minimum Gasteiger partial charge on any atom is -0.469 e. The predicted octanol–water partition coefficient (Wildman–Crippen LogP) is 1.24. The number of nitrogens with zero attached hydrogens (tertiary/aromatic N) is 1. The van der Waals surface area contributed by atoms with Gasteiger partial charge in [-0.1, -0.05) is 12.1 Å². The number of halogens is 1. The number of carbonyl (C=O) groups is 1. The molecule has 0 bridgehead atoms. The summed E-state index contributed by atoms with van der Waals surface area (Å²) >= 11 is 0. The molecule has 0 aliphatic carbocycles. The zero-order valence-corrected chi connectivity index (χ0v) is 17.4. The van der Waals surface area contributed by atoms with Crippen molar-refractivity contribution in [3.63, 3.8) is 0 Å². The minimum atomic E-state index is -3.21. The Morgan fingerprint density at radius 1 is 1.29 bits per heavy atom. The lowest BCUT2D eigenvalue weighted by molar-refractivity contribution is -0.140. The zero-order chi connectivity index (χ0) is 17.5. The molecule has 0 atom stereocenters. The van der Waals surface area contributed by atoms with Gasteiger partial charge in [-0.3, -0.25) is 9.79 Å². The van der Waals surface area contributed by atoms with Crippen LogP contribution >= 0.6 is 24.0 Å². The summed E-state index contributed by atoms with van der Waals surface area (Å²) in [5.41, 5.74) is 1.64. The minimum absolute atomic E-state index is 0. The van der Waals surface area contributed by atoms with Gasteiger partial charge in [0, 0.05) is 26.4 Å². The summed E-state index contributed by atoms with van der Waals surface area (Å²) in [6.07, 6.45) is 1.44. The molecule has 136 valence electrons. The van der Waals surface area contributed by atoms with Crippen molar-refractivity contribution in [2.75, 3.05) is 27.0 Å². The Balaban J connectivity index is 0.00000529. The maximum atomic E-state index is 11.6. The number of benzene rings is 1. The van der Waals surface area contributed by atoms with Crippen molar-refractivity contribution in [1.82, 2.24) is 10.6 Å². The van der Waals surface area contributed by atoms with Gasteiger partial charge in [0.25, 0.3) is 0 Å². The Morgan fingerprint density at radius 2 is 1.96 bits per heavy atom. The first-order valence-electron chi connectivity index (χ1n) is 7.09. The van der Waals surface area contributed by atoms with Crippen LogP contribution in [0.3, 0.4) is 0 Å². The van der Waals surface area contributed by atoms with E-state index in [0.717, 1.165) is 5.56 Å². The van der Waals surface area contributed by atoms with Gasteiger partial charge < -0.3 is 15.4 Å². The van der Waals surface area contributed by atoms with Crippen LogP contribution in [0.1, 0.15) is 17.5 Å². The van der Waals surface area contributed by atoms with Crippen LogP contribution in [0.4, 0.5) is 0 Å². The van der Waals surface area contributed by atoms with Crippen molar-refractivity contribution in [2.24, 2.45) is 4.99 Å². The number of aryl methyl sites for hydroxylation is 1. The topological polar surface area (TPSA) is 96.9 Å². The molecule has 0 spiro atoms. The van der Waals surface area contributed by atoms with E-state index in [-0.39, 0.29) is 36.4 Å². The third-order valence-corrected chi connectivity index (χ3v) is 4.43. The summed E-state index contributed by atoms with van der Waals surface area (Å²) in [6, 6.07) is 5.19. The second kappa shape index (κ2) is 10.5. The summed E-state index contributed by atoms with van der Waals surface area (Å²) in [6.45, 7) is 2.67. The average Bonchev–Trinajstić information content (AvgIpc) is 2.49. The highest BCUT2D eigenvalue weighted by Gasteiger charge is 2.11. The Morgan fingerprint density at radius 3 is 2.46 bits per heavy atom. The smallest absolute Gasteiger partial charge is 0.307 e. The molecule has 1 aromatic carbocycles. The molecule has 1 aromatic rings. The second-order valence-electron chi connectivity index (χ2n) is 5.05. The van der Waals surface area contributed by atoms with E-state index in [1.807, 2.05) is 6.07 Å². The van der Waals surface area contributed by atoms with Gasteiger partial charge in [0.15, 0.2) is 15.8 Å². The fourth-order valence-electron chi connectivity index (χ4n) is 2.03. The molecule has 0 fully saturated rings. The van der Waals surface area contributed by atoms with E-state index in [2.05, 4.69) is 20.4 Å². The van der Waals surface area contributed by atoms with E-state index in [0.29, 0.717) is 29.5 Å². The molecule has 0 heterocycles. The number of nitrogens with one attached hydrogen (secondary N) is 2. The van der Waals surface area contributed by atoms with E-state index in [1.54, 1.807) is 26.1 Å². The van der Waals surface area contributed by atoms with E-state index >= 15 is 0 Å². The number of carbonyl (C=O) groups excluding carboxylic acids is 1. The second-order valence-corrected chi connectivity index (χ2v) is 7.03. The lowest BCUT2D eigenvalue weighted by Crippen LogP contribution is -2.38. The fourth-order valence-corrected chi connectivity index (χ4v) is 2.99. The van der Waals surface area contributed by atoms with Crippen molar-refractivity contribution in [1.29, 1.82) is 0 Å². The monoisotopic (exact) mass is 469 g/mol. The number of aliphatic imine (C=N–C) groups is 1. The molecule has 0 aromatic heterocycles. The van der Waals surface area contributed by atoms with Crippen LogP contribution in [-0.4, -0.2) is 47.3 Å². The lowest BCUT2D eigenvalue weighted by atomic mass is 10.1. The molecule has 0 radical (unpaired) electrons.